The molecule has 2 aromatic rings. The molecule has 0 amide bonds. The smallest absolute Gasteiger partial charge is 0.168 e. The van der Waals surface area contributed by atoms with Crippen molar-refractivity contribution in [1.82, 2.24) is 0 Å². The van der Waals surface area contributed by atoms with Crippen LogP contribution in [0.1, 0.15) is 34.5 Å². The number of nitrogens with zero attached hydrogens (tertiary/aromatic N) is 1. The topological polar surface area (TPSA) is 61.1 Å². The Kier molecular flexibility index (Phi) is 4.29. The Morgan fingerprint density at radius 2 is 1.70 bits per heavy atom. The highest BCUT2D eigenvalue weighted by atomic mass is 16.3. The first kappa shape index (κ1) is 14.0. The lowest BCUT2D eigenvalue weighted by atomic mass is 9.90. The Labute approximate surface area is 118 Å². The van der Waals surface area contributed by atoms with E-state index in [4.69, 9.17) is 5.26 Å². The van der Waals surface area contributed by atoms with Crippen LogP contribution in [0.5, 0.6) is 0 Å². The lowest BCUT2D eigenvalue weighted by molar-refractivity contribution is 0.0713. The maximum Gasteiger partial charge on any atom is 0.168 e. The fourth-order valence-corrected chi connectivity index (χ4v) is 2.05. The zero-order valence-electron chi connectivity index (χ0n) is 11.2. The third kappa shape index (κ3) is 2.93. The molecule has 3 nitrogen and oxygen atoms in total. The number of carbonyl (C=O) groups excluding carboxylic acids is 1. The van der Waals surface area contributed by atoms with E-state index in [9.17, 15) is 9.90 Å². The average molecular weight is 265 g/mol. The van der Waals surface area contributed by atoms with Crippen molar-refractivity contribution in [3.05, 3.63) is 71.3 Å². The Morgan fingerprint density at radius 3 is 2.25 bits per heavy atom. The van der Waals surface area contributed by atoms with E-state index in [-0.39, 0.29) is 5.78 Å². The van der Waals surface area contributed by atoms with Crippen molar-refractivity contribution < 1.29 is 9.90 Å². The molecule has 0 aromatic heterocycles. The maximum absolute atomic E-state index is 12.3. The minimum Gasteiger partial charge on any atom is -0.388 e. The third-order valence-corrected chi connectivity index (χ3v) is 3.33. The number of benzene rings is 2. The monoisotopic (exact) mass is 265 g/mol. The number of Topliss-reactive ketones (excluding diaryl/α,β-unsaturated/α-hetero) is 1. The molecule has 0 aliphatic rings. The summed E-state index contributed by atoms with van der Waals surface area (Å²) >= 11 is 0. The zero-order chi connectivity index (χ0) is 14.5. The van der Waals surface area contributed by atoms with E-state index in [1.165, 1.54) is 0 Å². The number of rotatable bonds is 4. The molecule has 0 aliphatic carbocycles. The first-order chi connectivity index (χ1) is 9.63. The number of aliphatic hydroxyl groups is 1. The molecule has 0 heterocycles. The number of ketones is 1. The molecule has 3 heteroatoms. The van der Waals surface area contributed by atoms with Crippen molar-refractivity contribution in [2.24, 2.45) is 5.92 Å². The summed E-state index contributed by atoms with van der Waals surface area (Å²) in [5.41, 5.74) is 1.76. The van der Waals surface area contributed by atoms with Crippen molar-refractivity contribution in [3.63, 3.8) is 0 Å². The Balaban J connectivity index is 2.17. The summed E-state index contributed by atoms with van der Waals surface area (Å²) in [5.74, 6) is -0.632. The molecule has 1 N–H and O–H groups in total. The minimum absolute atomic E-state index is 0.0949. The molecular formula is C17H15NO2. The van der Waals surface area contributed by atoms with E-state index in [1.807, 2.05) is 12.1 Å². The van der Waals surface area contributed by atoms with Gasteiger partial charge in [-0.05, 0) is 17.7 Å². The predicted molar refractivity (Wildman–Crippen MR) is 76.1 cm³/mol. The average Bonchev–Trinajstić information content (AvgIpc) is 2.53. The normalized spacial score (nSPS) is 13.2. The van der Waals surface area contributed by atoms with Gasteiger partial charge in [0.05, 0.1) is 17.7 Å². The molecule has 0 aliphatic heterocycles. The molecule has 0 bridgehead atoms. The summed E-state index contributed by atoms with van der Waals surface area (Å²) in [6.07, 6.45) is -0.879. The van der Waals surface area contributed by atoms with Crippen LogP contribution in [0.4, 0.5) is 0 Å². The van der Waals surface area contributed by atoms with Gasteiger partial charge in [0.15, 0.2) is 5.78 Å². The molecule has 0 saturated carbocycles. The van der Waals surface area contributed by atoms with E-state index >= 15 is 0 Å². The van der Waals surface area contributed by atoms with Crippen LogP contribution in [0.3, 0.4) is 0 Å². The molecule has 2 aromatic carbocycles. The summed E-state index contributed by atoms with van der Waals surface area (Å²) in [4.78, 5) is 12.3. The van der Waals surface area contributed by atoms with Gasteiger partial charge in [-0.25, -0.2) is 0 Å². The SMILES string of the molecule is C[C@@H](C(=O)c1ccccc1)[C@@H](O)c1ccc(C#N)cc1. The molecule has 0 radical (unpaired) electrons. The highest BCUT2D eigenvalue weighted by molar-refractivity contribution is 5.98. The highest BCUT2D eigenvalue weighted by Gasteiger charge is 2.24. The standard InChI is InChI=1S/C17H15NO2/c1-12(16(19)14-5-3-2-4-6-14)17(20)15-9-7-13(11-18)8-10-15/h2-10,12,17,20H,1H3/t12-,17+/m0/s1. The predicted octanol–water partition coefficient (Wildman–Crippen LogP) is 3.11. The Morgan fingerprint density at radius 1 is 1.10 bits per heavy atom. The number of nitriles is 1. The van der Waals surface area contributed by atoms with Crippen LogP contribution in [-0.2, 0) is 0 Å². The summed E-state index contributed by atoms with van der Waals surface area (Å²) in [7, 11) is 0. The molecule has 0 spiro atoms. The van der Waals surface area contributed by atoms with Gasteiger partial charge < -0.3 is 5.11 Å². The van der Waals surface area contributed by atoms with Gasteiger partial charge in [-0.15, -0.1) is 0 Å². The van der Waals surface area contributed by atoms with Crippen molar-refractivity contribution in [3.8, 4) is 6.07 Å². The first-order valence-electron chi connectivity index (χ1n) is 6.41. The van der Waals surface area contributed by atoms with Crippen LogP contribution >= 0.6 is 0 Å². The van der Waals surface area contributed by atoms with Gasteiger partial charge in [0.25, 0.3) is 0 Å². The number of aliphatic hydroxyl groups excluding tert-OH is 1. The minimum atomic E-state index is -0.879. The second-order valence-corrected chi connectivity index (χ2v) is 4.70. The summed E-state index contributed by atoms with van der Waals surface area (Å²) in [6.45, 7) is 1.71. The van der Waals surface area contributed by atoms with E-state index in [2.05, 4.69) is 0 Å². The number of hydrogen-bond acceptors (Lipinski definition) is 3. The Hall–Kier alpha value is -2.44. The van der Waals surface area contributed by atoms with Gasteiger partial charge >= 0.3 is 0 Å². The van der Waals surface area contributed by atoms with Gasteiger partial charge in [-0.1, -0.05) is 49.4 Å². The first-order valence-corrected chi connectivity index (χ1v) is 6.41. The molecule has 0 fully saturated rings. The summed E-state index contributed by atoms with van der Waals surface area (Å²) in [5, 5.41) is 19.0. The van der Waals surface area contributed by atoms with E-state index in [1.54, 1.807) is 55.5 Å². The second kappa shape index (κ2) is 6.14. The fourth-order valence-electron chi connectivity index (χ4n) is 2.05. The Bertz CT molecular complexity index is 626. The fraction of sp³-hybridized carbons (Fsp3) is 0.176. The van der Waals surface area contributed by atoms with Crippen molar-refractivity contribution in [1.29, 1.82) is 5.26 Å². The van der Waals surface area contributed by atoms with E-state index in [0.717, 1.165) is 0 Å². The summed E-state index contributed by atoms with van der Waals surface area (Å²) < 4.78 is 0. The van der Waals surface area contributed by atoms with Gasteiger partial charge in [0.1, 0.15) is 0 Å². The maximum atomic E-state index is 12.3. The lowest BCUT2D eigenvalue weighted by Crippen LogP contribution is -2.19. The molecule has 2 atom stereocenters. The summed E-state index contributed by atoms with van der Waals surface area (Å²) in [6, 6.07) is 17.6. The van der Waals surface area contributed by atoms with Crippen LogP contribution in [0.25, 0.3) is 0 Å². The quantitative estimate of drug-likeness (QED) is 0.864. The largest absolute Gasteiger partial charge is 0.388 e. The molecule has 0 saturated heterocycles. The second-order valence-electron chi connectivity index (χ2n) is 4.70. The van der Waals surface area contributed by atoms with Gasteiger partial charge in [-0.2, -0.15) is 5.26 Å². The molecule has 20 heavy (non-hydrogen) atoms. The molecular weight excluding hydrogens is 250 g/mol. The third-order valence-electron chi connectivity index (χ3n) is 3.33. The lowest BCUT2D eigenvalue weighted by Gasteiger charge is -2.18. The highest BCUT2D eigenvalue weighted by Crippen LogP contribution is 2.25. The van der Waals surface area contributed by atoms with Gasteiger partial charge in [-0.3, -0.25) is 4.79 Å². The zero-order valence-corrected chi connectivity index (χ0v) is 11.2. The van der Waals surface area contributed by atoms with Crippen molar-refractivity contribution in [2.75, 3.05) is 0 Å². The van der Waals surface area contributed by atoms with E-state index < -0.39 is 12.0 Å². The molecule has 2 rings (SSSR count). The van der Waals surface area contributed by atoms with Crippen LogP contribution in [0.2, 0.25) is 0 Å². The van der Waals surface area contributed by atoms with Crippen LogP contribution in [0.15, 0.2) is 54.6 Å². The van der Waals surface area contributed by atoms with Gasteiger partial charge in [0.2, 0.25) is 0 Å². The number of hydrogen-bond donors (Lipinski definition) is 1. The van der Waals surface area contributed by atoms with Crippen molar-refractivity contribution in [2.45, 2.75) is 13.0 Å². The van der Waals surface area contributed by atoms with E-state index in [0.29, 0.717) is 16.7 Å². The van der Waals surface area contributed by atoms with Crippen molar-refractivity contribution >= 4 is 5.78 Å². The molecule has 100 valence electrons. The number of carbonyl (C=O) groups is 1. The molecule has 0 unspecified atom stereocenters. The van der Waals surface area contributed by atoms with Crippen LogP contribution in [0, 0.1) is 17.2 Å². The van der Waals surface area contributed by atoms with Crippen LogP contribution < -0.4 is 0 Å². The van der Waals surface area contributed by atoms with Crippen LogP contribution in [-0.4, -0.2) is 10.9 Å². The van der Waals surface area contributed by atoms with Gasteiger partial charge in [0, 0.05) is 11.5 Å².